The number of nitrogens with one attached hydrogen (secondary N) is 1. The van der Waals surface area contributed by atoms with Crippen molar-refractivity contribution in [2.45, 2.75) is 31.8 Å². The van der Waals surface area contributed by atoms with Crippen LogP contribution in [0.4, 0.5) is 8.78 Å². The van der Waals surface area contributed by atoms with Crippen molar-refractivity contribution in [2.24, 2.45) is 5.73 Å². The summed E-state index contributed by atoms with van der Waals surface area (Å²) in [5, 5.41) is 2.70. The average Bonchev–Trinajstić information content (AvgIpc) is 2.39. The van der Waals surface area contributed by atoms with E-state index in [0.29, 0.717) is 12.8 Å². The van der Waals surface area contributed by atoms with Gasteiger partial charge < -0.3 is 16.0 Å². The van der Waals surface area contributed by atoms with E-state index < -0.39 is 17.7 Å². The van der Waals surface area contributed by atoms with Gasteiger partial charge in [0.2, 0.25) is 5.91 Å². The van der Waals surface area contributed by atoms with Gasteiger partial charge in [0.15, 0.2) is 0 Å². The Bertz CT molecular complexity index is 458. The van der Waals surface area contributed by atoms with Crippen LogP contribution in [0, 0.1) is 11.6 Å². The molecule has 0 saturated carbocycles. The summed E-state index contributed by atoms with van der Waals surface area (Å²) in [6.45, 7) is 1.97. The van der Waals surface area contributed by atoms with Crippen LogP contribution < -0.4 is 11.1 Å². The summed E-state index contributed by atoms with van der Waals surface area (Å²) >= 11 is 0. The van der Waals surface area contributed by atoms with Crippen LogP contribution in [0.5, 0.6) is 0 Å². The second kappa shape index (κ2) is 8.05. The highest BCUT2D eigenvalue weighted by Gasteiger charge is 2.22. The van der Waals surface area contributed by atoms with Crippen LogP contribution in [0.25, 0.3) is 0 Å². The highest BCUT2D eigenvalue weighted by Crippen LogP contribution is 2.23. The molecule has 3 N–H and O–H groups in total. The first-order valence-electron chi connectivity index (χ1n) is 6.95. The zero-order valence-electron chi connectivity index (χ0n) is 12.7. The van der Waals surface area contributed by atoms with E-state index in [-0.39, 0.29) is 24.1 Å². The first-order valence-corrected chi connectivity index (χ1v) is 6.95. The highest BCUT2D eigenvalue weighted by molar-refractivity contribution is 5.75. The number of hydrogen-bond acceptors (Lipinski definition) is 3. The predicted octanol–water partition coefficient (Wildman–Crippen LogP) is 1.81. The number of nitrogens with two attached hydrogens (primary N) is 1. The van der Waals surface area contributed by atoms with Crippen LogP contribution >= 0.6 is 0 Å². The van der Waals surface area contributed by atoms with Crippen molar-refractivity contribution in [1.29, 1.82) is 0 Å². The van der Waals surface area contributed by atoms with Crippen LogP contribution in [0.15, 0.2) is 18.2 Å². The molecule has 0 radical (unpaired) electrons. The normalized spacial score (nSPS) is 14.0. The van der Waals surface area contributed by atoms with Gasteiger partial charge in [0.1, 0.15) is 11.6 Å². The number of halogens is 2. The third kappa shape index (κ3) is 5.40. The van der Waals surface area contributed by atoms with E-state index in [1.54, 1.807) is 19.0 Å². The van der Waals surface area contributed by atoms with Crippen LogP contribution in [-0.2, 0) is 4.79 Å². The van der Waals surface area contributed by atoms with Crippen molar-refractivity contribution < 1.29 is 13.6 Å². The van der Waals surface area contributed by atoms with E-state index >= 15 is 0 Å². The molecule has 0 heterocycles. The number of rotatable bonds is 7. The molecule has 0 spiro atoms. The minimum atomic E-state index is -0.612. The molecule has 6 heteroatoms. The molecule has 21 heavy (non-hydrogen) atoms. The van der Waals surface area contributed by atoms with Crippen molar-refractivity contribution in [1.82, 2.24) is 10.2 Å². The Labute approximate surface area is 124 Å². The van der Waals surface area contributed by atoms with Crippen molar-refractivity contribution in [2.75, 3.05) is 20.6 Å². The van der Waals surface area contributed by atoms with Crippen LogP contribution in [0.1, 0.15) is 31.4 Å². The van der Waals surface area contributed by atoms with E-state index in [0.717, 1.165) is 0 Å². The Morgan fingerprint density at radius 3 is 2.38 bits per heavy atom. The summed E-state index contributed by atoms with van der Waals surface area (Å²) in [6, 6.07) is 3.14. The number of benzene rings is 1. The quantitative estimate of drug-likeness (QED) is 0.807. The second-order valence-corrected chi connectivity index (χ2v) is 5.43. The van der Waals surface area contributed by atoms with Gasteiger partial charge in [0.05, 0.1) is 6.04 Å². The lowest BCUT2D eigenvalue weighted by atomic mass is 10.0. The predicted molar refractivity (Wildman–Crippen MR) is 78.7 cm³/mol. The van der Waals surface area contributed by atoms with Gasteiger partial charge in [-0.25, -0.2) is 8.78 Å². The molecular weight excluding hydrogens is 276 g/mol. The fourth-order valence-corrected chi connectivity index (χ4v) is 2.03. The van der Waals surface area contributed by atoms with E-state index in [1.807, 2.05) is 6.92 Å². The fourth-order valence-electron chi connectivity index (χ4n) is 2.03. The SMILES string of the molecule is CC(N)CCC(=O)NCC(c1c(F)cccc1F)N(C)C. The molecule has 1 amide bonds. The van der Waals surface area contributed by atoms with E-state index in [2.05, 4.69) is 5.32 Å². The van der Waals surface area contributed by atoms with E-state index in [1.165, 1.54) is 18.2 Å². The lowest BCUT2D eigenvalue weighted by Gasteiger charge is -2.26. The van der Waals surface area contributed by atoms with Crippen LogP contribution in [-0.4, -0.2) is 37.5 Å². The van der Waals surface area contributed by atoms with Gasteiger partial charge >= 0.3 is 0 Å². The van der Waals surface area contributed by atoms with E-state index in [4.69, 9.17) is 5.73 Å². The highest BCUT2D eigenvalue weighted by atomic mass is 19.1. The number of likely N-dealkylation sites (N-methyl/N-ethyl adjacent to an activating group) is 1. The molecule has 0 saturated heterocycles. The zero-order chi connectivity index (χ0) is 16.0. The Morgan fingerprint density at radius 1 is 1.33 bits per heavy atom. The molecule has 1 aromatic carbocycles. The fraction of sp³-hybridized carbons (Fsp3) is 0.533. The second-order valence-electron chi connectivity index (χ2n) is 5.43. The minimum Gasteiger partial charge on any atom is -0.354 e. The van der Waals surface area contributed by atoms with Gasteiger partial charge in [0, 0.05) is 24.6 Å². The lowest BCUT2D eigenvalue weighted by Crippen LogP contribution is -2.36. The molecule has 1 rings (SSSR count). The zero-order valence-corrected chi connectivity index (χ0v) is 12.7. The summed E-state index contributed by atoms with van der Waals surface area (Å²) in [4.78, 5) is 13.4. The van der Waals surface area contributed by atoms with Crippen molar-refractivity contribution in [3.63, 3.8) is 0 Å². The summed E-state index contributed by atoms with van der Waals surface area (Å²) in [5.41, 5.74) is 5.56. The standard InChI is InChI=1S/C15H23F2N3O/c1-10(18)7-8-14(21)19-9-13(20(2)3)15-11(16)5-4-6-12(15)17/h4-6,10,13H,7-9,18H2,1-3H3,(H,19,21). The molecule has 0 aliphatic carbocycles. The third-order valence-electron chi connectivity index (χ3n) is 3.28. The molecule has 118 valence electrons. The maximum atomic E-state index is 13.8. The molecule has 2 unspecified atom stereocenters. The summed E-state index contributed by atoms with van der Waals surface area (Å²) in [5.74, 6) is -1.40. The summed E-state index contributed by atoms with van der Waals surface area (Å²) in [7, 11) is 3.43. The Hall–Kier alpha value is -1.53. The molecule has 2 atom stereocenters. The number of hydrogen-bond donors (Lipinski definition) is 2. The third-order valence-corrected chi connectivity index (χ3v) is 3.28. The summed E-state index contributed by atoms with van der Waals surface area (Å²) in [6.07, 6.45) is 0.879. The first-order chi connectivity index (χ1) is 9.82. The average molecular weight is 299 g/mol. The Balaban J connectivity index is 2.73. The van der Waals surface area contributed by atoms with Gasteiger partial charge in [-0.1, -0.05) is 6.07 Å². The van der Waals surface area contributed by atoms with Gasteiger partial charge in [-0.3, -0.25) is 4.79 Å². The molecule has 1 aromatic rings. The van der Waals surface area contributed by atoms with Gasteiger partial charge in [-0.15, -0.1) is 0 Å². The van der Waals surface area contributed by atoms with Crippen LogP contribution in [0.3, 0.4) is 0 Å². The lowest BCUT2D eigenvalue weighted by molar-refractivity contribution is -0.121. The topological polar surface area (TPSA) is 58.4 Å². The van der Waals surface area contributed by atoms with Crippen molar-refractivity contribution >= 4 is 5.91 Å². The smallest absolute Gasteiger partial charge is 0.220 e. The minimum absolute atomic E-state index is 0.0324. The van der Waals surface area contributed by atoms with Crippen molar-refractivity contribution in [3.8, 4) is 0 Å². The maximum Gasteiger partial charge on any atom is 0.220 e. The number of carbonyl (C=O) groups is 1. The summed E-state index contributed by atoms with van der Waals surface area (Å²) < 4.78 is 27.7. The van der Waals surface area contributed by atoms with Crippen LogP contribution in [0.2, 0.25) is 0 Å². The van der Waals surface area contributed by atoms with E-state index in [9.17, 15) is 13.6 Å². The van der Waals surface area contributed by atoms with Gasteiger partial charge in [0.25, 0.3) is 0 Å². The molecule has 0 aromatic heterocycles. The molecule has 0 bridgehead atoms. The molecular formula is C15H23F2N3O. The largest absolute Gasteiger partial charge is 0.354 e. The Kier molecular flexibility index (Phi) is 6.71. The van der Waals surface area contributed by atoms with Gasteiger partial charge in [-0.05, 0) is 39.6 Å². The van der Waals surface area contributed by atoms with Crippen molar-refractivity contribution in [3.05, 3.63) is 35.4 Å². The number of nitrogens with zero attached hydrogens (tertiary/aromatic N) is 1. The molecule has 0 fully saturated rings. The monoisotopic (exact) mass is 299 g/mol. The Morgan fingerprint density at radius 2 is 1.90 bits per heavy atom. The molecule has 4 nitrogen and oxygen atoms in total. The number of amides is 1. The van der Waals surface area contributed by atoms with Gasteiger partial charge in [-0.2, -0.15) is 0 Å². The maximum absolute atomic E-state index is 13.8. The number of carbonyl (C=O) groups excluding carboxylic acids is 1. The first kappa shape index (κ1) is 17.5. The molecule has 0 aliphatic heterocycles. The molecule has 0 aliphatic rings.